The van der Waals surface area contributed by atoms with Crippen LogP contribution in [0.4, 0.5) is 0 Å². The molecule has 0 fully saturated rings. The molecule has 9 aromatic heterocycles. The number of hydrogen-bond donors (Lipinski definition) is 0. The minimum atomic E-state index is 0.319. The molecule has 0 saturated carbocycles. The highest BCUT2D eigenvalue weighted by molar-refractivity contribution is 6.17. The molecule has 0 aliphatic heterocycles. The van der Waals surface area contributed by atoms with E-state index in [0.29, 0.717) is 62.0 Å². The zero-order chi connectivity index (χ0) is 70.5. The maximum Gasteiger partial charge on any atom is 0.102 e. The van der Waals surface area contributed by atoms with Crippen molar-refractivity contribution in [3.63, 3.8) is 0 Å². The number of rotatable bonds is 11. The summed E-state index contributed by atoms with van der Waals surface area (Å²) in [5.74, 6) is 0. The number of pyridine rings is 5. The molecule has 12 heteroatoms. The Bertz CT molecular complexity index is 6800. The van der Waals surface area contributed by atoms with E-state index in [-0.39, 0.29) is 0 Å². The summed E-state index contributed by atoms with van der Waals surface area (Å²) in [6, 6.07) is 115. The number of nitrogens with zero attached hydrogens (tertiary/aromatic N) is 12. The van der Waals surface area contributed by atoms with Crippen LogP contribution in [0.25, 0.3) is 189 Å². The third kappa shape index (κ3) is 9.63. The van der Waals surface area contributed by atoms with Crippen LogP contribution < -0.4 is 0 Å². The fourth-order valence-corrected chi connectivity index (χ4v) is 15.9. The molecule has 0 aliphatic rings. The molecule has 0 spiro atoms. The van der Waals surface area contributed by atoms with Crippen LogP contribution in [0.3, 0.4) is 0 Å². The van der Waals surface area contributed by atoms with E-state index in [4.69, 9.17) is 24.9 Å². The quantitative estimate of drug-likeness (QED) is 0.124. The van der Waals surface area contributed by atoms with Crippen LogP contribution in [0.5, 0.6) is 0 Å². The third-order valence-corrected chi connectivity index (χ3v) is 20.5. The molecule has 0 saturated heterocycles. The summed E-state index contributed by atoms with van der Waals surface area (Å²) >= 11 is 0. The monoisotopic (exact) mass is 1350 g/mol. The lowest BCUT2D eigenvalue weighted by molar-refractivity contribution is 1.02. The summed E-state index contributed by atoms with van der Waals surface area (Å²) < 4.78 is 9.22. The third-order valence-electron chi connectivity index (χ3n) is 20.5. The fourth-order valence-electron chi connectivity index (χ4n) is 15.9. The average molecular weight is 1350 g/mol. The van der Waals surface area contributed by atoms with Crippen molar-refractivity contribution in [3.8, 4) is 120 Å². The van der Waals surface area contributed by atoms with E-state index < -0.39 is 0 Å². The van der Waals surface area contributed by atoms with E-state index in [1.54, 1.807) is 0 Å². The molecule has 0 N–H and O–H groups in total. The Morgan fingerprint density at radius 1 is 0.226 bits per heavy atom. The Hall–Kier alpha value is -15.2. The molecule has 0 bridgehead atoms. The van der Waals surface area contributed by atoms with Crippen LogP contribution in [0.1, 0.15) is 16.7 Å². The molecule has 12 nitrogen and oxygen atoms in total. The van der Waals surface area contributed by atoms with Crippen LogP contribution >= 0.6 is 0 Å². The Morgan fingerprint density at radius 2 is 0.528 bits per heavy atom. The number of benzene rings is 11. The van der Waals surface area contributed by atoms with Crippen molar-refractivity contribution >= 4 is 87.5 Å². The SMILES string of the molecule is N#Cc1ccc2c(c1)c1ccccc1n2-c1c(-n2c3ccccc3c3cc(C#N)ccc32)c(-n2c3ccccc3c3ncccc32)c(-c2cc(-c3cc(-c4ccccc4)nc(-c4ccccc4)c3)nc(-c3cc(-c4ccccc4)nc(-c4ccccc4)c3)c2)c(C#N)c1-n1c2ccccc2c2ncccc21. The lowest BCUT2D eigenvalue weighted by Crippen LogP contribution is -2.17. The van der Waals surface area contributed by atoms with Gasteiger partial charge in [-0.05, 0) is 127 Å². The van der Waals surface area contributed by atoms with Crippen molar-refractivity contribution in [1.82, 2.24) is 43.2 Å². The maximum atomic E-state index is 13.6. The molecule has 490 valence electrons. The fraction of sp³-hybridized carbons (Fsp3) is 0. The molecule has 0 amide bonds. The summed E-state index contributed by atoms with van der Waals surface area (Å²) in [6.07, 6.45) is 3.66. The average Bonchev–Trinajstić information content (AvgIpc) is 1.45. The van der Waals surface area contributed by atoms with Gasteiger partial charge in [0.05, 0.1) is 141 Å². The highest BCUT2D eigenvalue weighted by Gasteiger charge is 2.36. The van der Waals surface area contributed by atoms with E-state index in [9.17, 15) is 15.8 Å². The smallest absolute Gasteiger partial charge is 0.102 e. The second-order valence-corrected chi connectivity index (χ2v) is 26.4. The number of hydrogen-bond acceptors (Lipinski definition) is 8. The first-order valence-electron chi connectivity index (χ1n) is 35.0. The molecular weight excluding hydrogens is 1300 g/mol. The van der Waals surface area contributed by atoms with E-state index in [0.717, 1.165) is 144 Å². The standard InChI is InChI=1S/C94H54N12/c95-55-58-41-43-84-71(47-58)67-31-13-17-35-80(67)103(84)93-91(105-82-37-19-15-33-69(82)89-86(105)39-21-45-98-89)73(57-97)88(92(106-83-38-20-16-34-70(83)90-87(106)40-22-46-99-90)94(93)104-81-36-18-14-32-68(81)72-48-59(56-96)42-44-85(72)104)66-53-78(64-49-74(60-23-5-1-6-24-60)100-75(50-64)61-25-7-2-8-26-61)102-79(54-66)65-51-76(62-27-9-3-10-28-62)101-77(52-65)63-29-11-4-12-30-63/h1-54H. The Kier molecular flexibility index (Phi) is 14.1. The first kappa shape index (κ1) is 60.8. The molecule has 0 aliphatic carbocycles. The van der Waals surface area contributed by atoms with Crippen LogP contribution in [0.15, 0.2) is 328 Å². The highest BCUT2D eigenvalue weighted by atomic mass is 15.1. The van der Waals surface area contributed by atoms with Crippen molar-refractivity contribution in [1.29, 1.82) is 15.8 Å². The largest absolute Gasteiger partial charge is 0.305 e. The van der Waals surface area contributed by atoms with Gasteiger partial charge in [0.1, 0.15) is 6.07 Å². The number of nitriles is 3. The van der Waals surface area contributed by atoms with Crippen LogP contribution in [-0.4, -0.2) is 43.2 Å². The summed E-state index contributed by atoms with van der Waals surface area (Å²) in [6.45, 7) is 0. The van der Waals surface area contributed by atoms with E-state index in [1.807, 2.05) is 164 Å². The molecule has 9 heterocycles. The van der Waals surface area contributed by atoms with Gasteiger partial charge in [0, 0.05) is 83.7 Å². The van der Waals surface area contributed by atoms with Crippen LogP contribution in [-0.2, 0) is 0 Å². The Balaban J connectivity index is 1.07. The molecule has 0 unspecified atom stereocenters. The van der Waals surface area contributed by atoms with Crippen molar-refractivity contribution in [2.45, 2.75) is 0 Å². The van der Waals surface area contributed by atoms with Gasteiger partial charge in [0.2, 0.25) is 0 Å². The zero-order valence-corrected chi connectivity index (χ0v) is 56.5. The summed E-state index contributed by atoms with van der Waals surface area (Å²) in [5.41, 5.74) is 22.4. The Morgan fingerprint density at radius 3 is 0.915 bits per heavy atom. The predicted octanol–water partition coefficient (Wildman–Crippen LogP) is 22.3. The Labute approximate surface area is 607 Å². The number of aromatic nitrogens is 9. The molecule has 0 radical (unpaired) electrons. The van der Waals surface area contributed by atoms with E-state index in [2.05, 4.69) is 200 Å². The minimum Gasteiger partial charge on any atom is -0.305 e. The van der Waals surface area contributed by atoms with Gasteiger partial charge >= 0.3 is 0 Å². The van der Waals surface area contributed by atoms with Crippen LogP contribution in [0.2, 0.25) is 0 Å². The van der Waals surface area contributed by atoms with E-state index >= 15 is 0 Å². The maximum absolute atomic E-state index is 13.6. The second-order valence-electron chi connectivity index (χ2n) is 26.4. The topological polar surface area (TPSA) is 156 Å². The van der Waals surface area contributed by atoms with Gasteiger partial charge in [-0.15, -0.1) is 0 Å². The highest BCUT2D eigenvalue weighted by Crippen LogP contribution is 2.53. The van der Waals surface area contributed by atoms with Crippen LogP contribution in [0, 0.1) is 34.0 Å². The molecule has 0 atom stereocenters. The summed E-state index contributed by atoms with van der Waals surface area (Å²) in [7, 11) is 0. The molecular formula is C94H54N12. The number of fused-ring (bicyclic) bond motifs is 12. The van der Waals surface area contributed by atoms with Crippen molar-refractivity contribution < 1.29 is 0 Å². The van der Waals surface area contributed by atoms with Gasteiger partial charge in [-0.2, -0.15) is 15.8 Å². The summed E-state index contributed by atoms with van der Waals surface area (Å²) in [5, 5.41) is 40.5. The molecule has 106 heavy (non-hydrogen) atoms. The second kappa shape index (κ2) is 24.6. The van der Waals surface area contributed by atoms with Gasteiger partial charge < -0.3 is 18.3 Å². The minimum absolute atomic E-state index is 0.319. The normalized spacial score (nSPS) is 11.6. The van der Waals surface area contributed by atoms with E-state index in [1.165, 1.54) is 0 Å². The van der Waals surface area contributed by atoms with Gasteiger partial charge in [0.15, 0.2) is 0 Å². The lowest BCUT2D eigenvalue weighted by Gasteiger charge is -2.29. The molecule has 20 aromatic rings. The number of para-hydroxylation sites is 4. The van der Waals surface area contributed by atoms with Crippen molar-refractivity contribution in [3.05, 3.63) is 345 Å². The lowest BCUT2D eigenvalue weighted by atomic mass is 9.90. The zero-order valence-electron chi connectivity index (χ0n) is 56.5. The van der Waals surface area contributed by atoms with Gasteiger partial charge in [0.25, 0.3) is 0 Å². The van der Waals surface area contributed by atoms with Crippen molar-refractivity contribution in [2.24, 2.45) is 0 Å². The van der Waals surface area contributed by atoms with Gasteiger partial charge in [-0.1, -0.05) is 194 Å². The summed E-state index contributed by atoms with van der Waals surface area (Å²) in [4.78, 5) is 27.2. The van der Waals surface area contributed by atoms with Gasteiger partial charge in [-0.3, -0.25) is 9.97 Å². The molecule has 20 rings (SSSR count). The first-order chi connectivity index (χ1) is 52.5. The first-order valence-corrected chi connectivity index (χ1v) is 35.0. The van der Waals surface area contributed by atoms with Crippen molar-refractivity contribution in [2.75, 3.05) is 0 Å². The van der Waals surface area contributed by atoms with Gasteiger partial charge in [-0.25, -0.2) is 15.0 Å². The molecule has 11 aromatic carbocycles. The predicted molar refractivity (Wildman–Crippen MR) is 425 cm³/mol.